The molecule has 7 rings (SSSR count). The van der Waals surface area contributed by atoms with Gasteiger partial charge in [-0.15, -0.1) is 0 Å². The fourth-order valence-electron chi connectivity index (χ4n) is 4.71. The molecule has 30 heavy (non-hydrogen) atoms. The molecule has 2 aromatic heterocycles. The number of nitrogens with zero attached hydrogens (tertiary/aromatic N) is 3. The Morgan fingerprint density at radius 3 is 2.17 bits per heavy atom. The van der Waals surface area contributed by atoms with Gasteiger partial charge in [0.1, 0.15) is 6.61 Å². The molecule has 0 fully saturated rings. The van der Waals surface area contributed by atoms with Gasteiger partial charge in [-0.25, -0.2) is 0 Å². The number of para-hydroxylation sites is 3. The lowest BCUT2D eigenvalue weighted by Gasteiger charge is -2.19. The van der Waals surface area contributed by atoms with E-state index in [2.05, 4.69) is 94.1 Å². The van der Waals surface area contributed by atoms with Gasteiger partial charge in [0, 0.05) is 22.0 Å². The normalized spacial score (nSPS) is 12.8. The zero-order chi connectivity index (χ0) is 19.7. The molecule has 0 radical (unpaired) electrons. The predicted molar refractivity (Wildman–Crippen MR) is 120 cm³/mol. The Bertz CT molecular complexity index is 1550. The smallest absolute Gasteiger partial charge is 0.302 e. The second kappa shape index (κ2) is 5.74. The average Bonchev–Trinajstić information content (AvgIpc) is 3.34. The number of imidazole rings is 1. The molecule has 0 spiro atoms. The van der Waals surface area contributed by atoms with Crippen molar-refractivity contribution in [1.82, 2.24) is 14.1 Å². The first-order valence-electron chi connectivity index (χ1n) is 10.1. The number of aromatic nitrogens is 3. The van der Waals surface area contributed by atoms with Gasteiger partial charge in [0.15, 0.2) is 0 Å². The van der Waals surface area contributed by atoms with Crippen molar-refractivity contribution in [2.75, 3.05) is 0 Å². The van der Waals surface area contributed by atoms with E-state index in [4.69, 9.17) is 9.72 Å². The standard InChI is InChI=1S/C26H17N3O/c1-4-10-22-17(7-1)16-30-26-27-21-15-18(13-14-25(21)29(22)26)28-23-11-5-2-8-19(23)20-9-3-6-12-24(20)28/h1-15H,16H2. The Morgan fingerprint density at radius 1 is 0.667 bits per heavy atom. The van der Waals surface area contributed by atoms with E-state index in [1.807, 2.05) is 6.07 Å². The van der Waals surface area contributed by atoms with E-state index in [1.54, 1.807) is 0 Å². The maximum atomic E-state index is 5.95. The summed E-state index contributed by atoms with van der Waals surface area (Å²) >= 11 is 0. The summed E-state index contributed by atoms with van der Waals surface area (Å²) in [5, 5.41) is 2.52. The monoisotopic (exact) mass is 387 g/mol. The number of fused-ring (bicyclic) bond motifs is 8. The van der Waals surface area contributed by atoms with Crippen molar-refractivity contribution < 1.29 is 4.74 Å². The van der Waals surface area contributed by atoms with Crippen LogP contribution in [0.5, 0.6) is 6.01 Å². The molecule has 0 unspecified atom stereocenters. The highest BCUT2D eigenvalue weighted by Gasteiger charge is 2.21. The second-order valence-corrected chi connectivity index (χ2v) is 7.69. The summed E-state index contributed by atoms with van der Waals surface area (Å²) in [7, 11) is 0. The van der Waals surface area contributed by atoms with Crippen molar-refractivity contribution in [3.8, 4) is 17.4 Å². The van der Waals surface area contributed by atoms with Crippen LogP contribution in [0.25, 0.3) is 44.2 Å². The van der Waals surface area contributed by atoms with Crippen LogP contribution in [0.4, 0.5) is 0 Å². The number of benzene rings is 4. The van der Waals surface area contributed by atoms with E-state index in [-0.39, 0.29) is 0 Å². The van der Waals surface area contributed by atoms with Gasteiger partial charge in [0.25, 0.3) is 0 Å². The zero-order valence-electron chi connectivity index (χ0n) is 16.1. The topological polar surface area (TPSA) is 32.0 Å². The van der Waals surface area contributed by atoms with Crippen molar-refractivity contribution in [3.05, 3.63) is 96.6 Å². The van der Waals surface area contributed by atoms with E-state index >= 15 is 0 Å². The second-order valence-electron chi connectivity index (χ2n) is 7.69. The molecule has 4 nitrogen and oxygen atoms in total. The van der Waals surface area contributed by atoms with Gasteiger partial charge in [-0.2, -0.15) is 4.98 Å². The SMILES string of the molecule is c1ccc2c(c1)COc1nc3cc(-n4c5ccccc5c5ccccc54)ccc3n1-2. The van der Waals surface area contributed by atoms with Gasteiger partial charge in [-0.3, -0.25) is 4.57 Å². The summed E-state index contributed by atoms with van der Waals surface area (Å²) in [5.41, 5.74) is 7.81. The molecule has 0 N–H and O–H groups in total. The van der Waals surface area contributed by atoms with Crippen molar-refractivity contribution in [2.24, 2.45) is 0 Å². The minimum Gasteiger partial charge on any atom is -0.459 e. The van der Waals surface area contributed by atoms with Crippen LogP contribution in [-0.4, -0.2) is 14.1 Å². The molecule has 0 bridgehead atoms. The molecule has 142 valence electrons. The summed E-state index contributed by atoms with van der Waals surface area (Å²) in [6.07, 6.45) is 0. The summed E-state index contributed by atoms with van der Waals surface area (Å²) in [6.45, 7) is 0.555. The summed E-state index contributed by atoms with van der Waals surface area (Å²) in [5.74, 6) is 0. The van der Waals surface area contributed by atoms with Gasteiger partial charge in [0.05, 0.1) is 27.8 Å². The molecule has 1 aliphatic rings. The highest BCUT2D eigenvalue weighted by atomic mass is 16.5. The molecule has 0 saturated heterocycles. The first-order valence-corrected chi connectivity index (χ1v) is 10.1. The Morgan fingerprint density at radius 2 is 1.37 bits per heavy atom. The highest BCUT2D eigenvalue weighted by Crippen LogP contribution is 2.36. The lowest BCUT2D eigenvalue weighted by atomic mass is 10.1. The van der Waals surface area contributed by atoms with Gasteiger partial charge in [0.2, 0.25) is 0 Å². The lowest BCUT2D eigenvalue weighted by molar-refractivity contribution is 0.265. The molecule has 1 aliphatic heterocycles. The Kier molecular flexibility index (Phi) is 3.03. The van der Waals surface area contributed by atoms with Crippen molar-refractivity contribution in [1.29, 1.82) is 0 Å². The van der Waals surface area contributed by atoms with Crippen molar-refractivity contribution >= 4 is 32.8 Å². The quantitative estimate of drug-likeness (QED) is 0.346. The van der Waals surface area contributed by atoms with Crippen molar-refractivity contribution in [3.63, 3.8) is 0 Å². The van der Waals surface area contributed by atoms with Crippen LogP contribution in [0.2, 0.25) is 0 Å². The molecule has 0 saturated carbocycles. The molecule has 0 atom stereocenters. The van der Waals surface area contributed by atoms with Crippen LogP contribution in [-0.2, 0) is 6.61 Å². The highest BCUT2D eigenvalue weighted by molar-refractivity contribution is 6.09. The molecular formula is C26H17N3O. The van der Waals surface area contributed by atoms with Crippen LogP contribution >= 0.6 is 0 Å². The molecule has 4 heteroatoms. The number of rotatable bonds is 1. The minimum absolute atomic E-state index is 0.555. The van der Waals surface area contributed by atoms with Gasteiger partial charge < -0.3 is 9.30 Å². The third-order valence-corrected chi connectivity index (χ3v) is 6.03. The van der Waals surface area contributed by atoms with Gasteiger partial charge in [-0.1, -0.05) is 54.6 Å². The fraction of sp³-hybridized carbons (Fsp3) is 0.0385. The summed E-state index contributed by atoms with van der Waals surface area (Å²) < 4.78 is 10.4. The largest absolute Gasteiger partial charge is 0.459 e. The van der Waals surface area contributed by atoms with Crippen LogP contribution in [0.3, 0.4) is 0 Å². The number of ether oxygens (including phenoxy) is 1. The van der Waals surface area contributed by atoms with Gasteiger partial charge in [-0.05, 0) is 36.4 Å². The molecule has 4 aromatic carbocycles. The van der Waals surface area contributed by atoms with E-state index in [9.17, 15) is 0 Å². The van der Waals surface area contributed by atoms with E-state index in [1.165, 1.54) is 27.4 Å². The maximum Gasteiger partial charge on any atom is 0.302 e. The molecule has 6 aromatic rings. The van der Waals surface area contributed by atoms with Crippen LogP contribution in [0.15, 0.2) is 91.0 Å². The Hall–Kier alpha value is -4.05. The van der Waals surface area contributed by atoms with E-state index in [0.29, 0.717) is 12.6 Å². The molecule has 0 amide bonds. The van der Waals surface area contributed by atoms with E-state index in [0.717, 1.165) is 22.4 Å². The maximum absolute atomic E-state index is 5.95. The molecule has 3 heterocycles. The van der Waals surface area contributed by atoms with E-state index < -0.39 is 0 Å². The predicted octanol–water partition coefficient (Wildman–Crippen LogP) is 6.02. The minimum atomic E-state index is 0.555. The first kappa shape index (κ1) is 15.8. The van der Waals surface area contributed by atoms with Gasteiger partial charge >= 0.3 is 6.01 Å². The third kappa shape index (κ3) is 2.02. The average molecular weight is 387 g/mol. The summed E-state index contributed by atoms with van der Waals surface area (Å²) in [6, 6.07) is 32.6. The number of hydrogen-bond acceptors (Lipinski definition) is 2. The Balaban J connectivity index is 1.52. The molecule has 0 aliphatic carbocycles. The van der Waals surface area contributed by atoms with Crippen molar-refractivity contribution in [2.45, 2.75) is 6.61 Å². The van der Waals surface area contributed by atoms with Crippen LogP contribution < -0.4 is 4.74 Å². The lowest BCUT2D eigenvalue weighted by Crippen LogP contribution is -2.11. The van der Waals surface area contributed by atoms with Crippen LogP contribution in [0.1, 0.15) is 5.56 Å². The third-order valence-electron chi connectivity index (χ3n) is 6.03. The number of hydrogen-bond donors (Lipinski definition) is 0. The van der Waals surface area contributed by atoms with Crippen LogP contribution in [0, 0.1) is 0 Å². The fourth-order valence-corrected chi connectivity index (χ4v) is 4.71. The first-order chi connectivity index (χ1) is 14.9. The zero-order valence-corrected chi connectivity index (χ0v) is 16.1. The molecular weight excluding hydrogens is 370 g/mol. The Labute approximate surface area is 172 Å². The summed E-state index contributed by atoms with van der Waals surface area (Å²) in [4.78, 5) is 4.81.